The molecule has 1 aromatic rings. The van der Waals surface area contributed by atoms with E-state index in [9.17, 15) is 0 Å². The maximum atomic E-state index is 6.15. The fraction of sp³-hybridized carbons (Fsp3) is 0.714. The van der Waals surface area contributed by atoms with Gasteiger partial charge >= 0.3 is 0 Å². The Hall–Kier alpha value is -1.52. The summed E-state index contributed by atoms with van der Waals surface area (Å²) in [7, 11) is 0. The van der Waals surface area contributed by atoms with Crippen molar-refractivity contribution < 1.29 is 4.74 Å². The molecule has 2 rings (SSSR count). The van der Waals surface area contributed by atoms with E-state index in [1.54, 1.807) is 6.33 Å². The van der Waals surface area contributed by atoms with E-state index in [4.69, 9.17) is 10.5 Å². The van der Waals surface area contributed by atoms with Crippen LogP contribution in [-0.2, 0) is 0 Å². The van der Waals surface area contributed by atoms with Gasteiger partial charge in [0.2, 0.25) is 5.88 Å². The minimum atomic E-state index is 0.522. The molecule has 1 aliphatic heterocycles. The first-order valence-electron chi connectivity index (χ1n) is 7.31. The number of nitrogens with zero attached hydrogens (tertiary/aromatic N) is 3. The van der Waals surface area contributed by atoms with E-state index in [2.05, 4.69) is 21.8 Å². The van der Waals surface area contributed by atoms with Gasteiger partial charge in [0.15, 0.2) is 5.82 Å². The van der Waals surface area contributed by atoms with Crippen LogP contribution in [0.15, 0.2) is 6.33 Å². The van der Waals surface area contributed by atoms with Crippen molar-refractivity contribution in [1.29, 1.82) is 0 Å². The van der Waals surface area contributed by atoms with Gasteiger partial charge in [-0.2, -0.15) is 4.98 Å². The molecule has 0 aromatic carbocycles. The van der Waals surface area contributed by atoms with Crippen LogP contribution in [0.2, 0.25) is 0 Å². The zero-order valence-corrected chi connectivity index (χ0v) is 11.8. The normalized spacial score (nSPS) is 16.8. The molecule has 0 radical (unpaired) electrons. The molecule has 0 unspecified atom stereocenters. The van der Waals surface area contributed by atoms with E-state index in [-0.39, 0.29) is 0 Å². The number of hydrogen-bond acceptors (Lipinski definition) is 5. The summed E-state index contributed by atoms with van der Waals surface area (Å²) in [6.07, 6.45) is 8.83. The predicted molar refractivity (Wildman–Crippen MR) is 77.5 cm³/mol. The number of nitrogen functional groups attached to an aromatic ring is 1. The van der Waals surface area contributed by atoms with Crippen molar-refractivity contribution in [3.8, 4) is 5.88 Å². The maximum Gasteiger partial charge on any atom is 0.242 e. The van der Waals surface area contributed by atoms with Gasteiger partial charge in [-0.25, -0.2) is 4.98 Å². The van der Waals surface area contributed by atoms with Gasteiger partial charge in [0, 0.05) is 13.1 Å². The Bertz CT molecular complexity index is 389. The molecule has 5 nitrogen and oxygen atoms in total. The lowest BCUT2D eigenvalue weighted by atomic mass is 10.1. The zero-order chi connectivity index (χ0) is 13.5. The number of aromatic nitrogens is 2. The van der Waals surface area contributed by atoms with Crippen LogP contribution >= 0.6 is 0 Å². The van der Waals surface area contributed by atoms with Crippen molar-refractivity contribution in [3.05, 3.63) is 6.33 Å². The molecule has 106 valence electrons. The SMILES string of the molecule is CCCOc1ncnc(N2CCCCCCC2)c1N. The molecule has 19 heavy (non-hydrogen) atoms. The molecule has 0 bridgehead atoms. The first-order valence-corrected chi connectivity index (χ1v) is 7.31. The Morgan fingerprint density at radius 3 is 2.53 bits per heavy atom. The Balaban J connectivity index is 2.13. The van der Waals surface area contributed by atoms with Crippen molar-refractivity contribution >= 4 is 11.5 Å². The summed E-state index contributed by atoms with van der Waals surface area (Å²) >= 11 is 0. The highest BCUT2D eigenvalue weighted by atomic mass is 16.5. The number of rotatable bonds is 4. The summed E-state index contributed by atoms with van der Waals surface area (Å²) in [5.41, 5.74) is 6.73. The van der Waals surface area contributed by atoms with E-state index in [0.29, 0.717) is 18.2 Å². The molecule has 0 aliphatic carbocycles. The van der Waals surface area contributed by atoms with Crippen molar-refractivity contribution in [1.82, 2.24) is 9.97 Å². The lowest BCUT2D eigenvalue weighted by molar-refractivity contribution is 0.306. The first kappa shape index (κ1) is 13.9. The van der Waals surface area contributed by atoms with Gasteiger partial charge < -0.3 is 15.4 Å². The molecule has 2 N–H and O–H groups in total. The number of nitrogens with two attached hydrogens (primary N) is 1. The molecule has 5 heteroatoms. The van der Waals surface area contributed by atoms with E-state index in [1.165, 1.54) is 32.1 Å². The quantitative estimate of drug-likeness (QED) is 0.905. The van der Waals surface area contributed by atoms with Gasteiger partial charge in [-0.1, -0.05) is 26.2 Å². The average Bonchev–Trinajstić information content (AvgIpc) is 2.38. The summed E-state index contributed by atoms with van der Waals surface area (Å²) in [4.78, 5) is 10.8. The molecule has 0 saturated carbocycles. The fourth-order valence-corrected chi connectivity index (χ4v) is 2.40. The molecule has 1 saturated heterocycles. The monoisotopic (exact) mass is 264 g/mol. The Morgan fingerprint density at radius 2 is 1.84 bits per heavy atom. The summed E-state index contributed by atoms with van der Waals surface area (Å²) < 4.78 is 5.57. The highest BCUT2D eigenvalue weighted by Crippen LogP contribution is 2.29. The van der Waals surface area contributed by atoms with Gasteiger partial charge in [-0.3, -0.25) is 0 Å². The second kappa shape index (κ2) is 7.16. The highest BCUT2D eigenvalue weighted by molar-refractivity contribution is 5.67. The lowest BCUT2D eigenvalue weighted by Gasteiger charge is -2.27. The van der Waals surface area contributed by atoms with Crippen LogP contribution in [0.4, 0.5) is 11.5 Å². The van der Waals surface area contributed by atoms with Gasteiger partial charge in [0.25, 0.3) is 0 Å². The summed E-state index contributed by atoms with van der Waals surface area (Å²) in [6.45, 7) is 4.75. The van der Waals surface area contributed by atoms with Crippen molar-refractivity contribution in [3.63, 3.8) is 0 Å². The fourth-order valence-electron chi connectivity index (χ4n) is 2.40. The van der Waals surface area contributed by atoms with Crippen LogP contribution in [0.5, 0.6) is 5.88 Å². The smallest absolute Gasteiger partial charge is 0.242 e. The highest BCUT2D eigenvalue weighted by Gasteiger charge is 2.16. The van der Waals surface area contributed by atoms with Crippen molar-refractivity contribution in [2.75, 3.05) is 30.3 Å². The molecule has 1 fully saturated rings. The minimum Gasteiger partial charge on any atom is -0.476 e. The Morgan fingerprint density at radius 1 is 1.16 bits per heavy atom. The summed E-state index contributed by atoms with van der Waals surface area (Å²) in [5.74, 6) is 1.36. The molecule has 0 amide bonds. The third-order valence-corrected chi connectivity index (χ3v) is 3.42. The minimum absolute atomic E-state index is 0.522. The van der Waals surface area contributed by atoms with Gasteiger partial charge in [0.05, 0.1) is 6.61 Å². The van der Waals surface area contributed by atoms with Crippen LogP contribution in [0.3, 0.4) is 0 Å². The van der Waals surface area contributed by atoms with Crippen LogP contribution in [0, 0.1) is 0 Å². The second-order valence-electron chi connectivity index (χ2n) is 5.02. The van der Waals surface area contributed by atoms with Crippen molar-refractivity contribution in [2.24, 2.45) is 0 Å². The number of ether oxygens (including phenoxy) is 1. The lowest BCUT2D eigenvalue weighted by Crippen LogP contribution is -2.29. The Labute approximate surface area is 115 Å². The standard InChI is InChI=1S/C14H24N4O/c1-2-10-19-14-12(15)13(16-11-17-14)18-8-6-4-3-5-7-9-18/h11H,2-10,15H2,1H3. The Kier molecular flexibility index (Phi) is 5.24. The maximum absolute atomic E-state index is 6.15. The second-order valence-corrected chi connectivity index (χ2v) is 5.02. The number of hydrogen-bond donors (Lipinski definition) is 1. The molecule has 1 aromatic heterocycles. The first-order chi connectivity index (χ1) is 9.33. The third kappa shape index (κ3) is 3.72. The topological polar surface area (TPSA) is 64.3 Å². The summed E-state index contributed by atoms with van der Waals surface area (Å²) in [6, 6.07) is 0. The molecular formula is C14H24N4O. The van der Waals surface area contributed by atoms with E-state index >= 15 is 0 Å². The van der Waals surface area contributed by atoms with Gasteiger partial charge in [-0.05, 0) is 19.3 Å². The van der Waals surface area contributed by atoms with E-state index in [1.807, 2.05) is 0 Å². The van der Waals surface area contributed by atoms with Crippen LogP contribution in [-0.4, -0.2) is 29.7 Å². The molecular weight excluding hydrogens is 240 g/mol. The average molecular weight is 264 g/mol. The van der Waals surface area contributed by atoms with Crippen molar-refractivity contribution in [2.45, 2.75) is 45.4 Å². The molecule has 0 spiro atoms. The largest absolute Gasteiger partial charge is 0.476 e. The van der Waals surface area contributed by atoms with Gasteiger partial charge in [0.1, 0.15) is 12.0 Å². The van der Waals surface area contributed by atoms with E-state index in [0.717, 1.165) is 25.3 Å². The van der Waals surface area contributed by atoms with Crippen LogP contribution in [0.1, 0.15) is 45.4 Å². The zero-order valence-electron chi connectivity index (χ0n) is 11.8. The molecule has 0 atom stereocenters. The number of anilines is 2. The third-order valence-electron chi connectivity index (χ3n) is 3.42. The van der Waals surface area contributed by atoms with E-state index < -0.39 is 0 Å². The van der Waals surface area contributed by atoms with Crippen LogP contribution in [0.25, 0.3) is 0 Å². The summed E-state index contributed by atoms with van der Waals surface area (Å²) in [5, 5.41) is 0. The van der Waals surface area contributed by atoms with Gasteiger partial charge in [-0.15, -0.1) is 0 Å². The predicted octanol–water partition coefficient (Wildman–Crippen LogP) is 2.62. The van der Waals surface area contributed by atoms with Crippen LogP contribution < -0.4 is 15.4 Å². The molecule has 2 heterocycles. The molecule has 1 aliphatic rings.